The molecule has 8 heavy (non-hydrogen) atoms. The van der Waals surface area contributed by atoms with Crippen molar-refractivity contribution < 1.29 is 68.8 Å². The van der Waals surface area contributed by atoms with Gasteiger partial charge in [-0.3, -0.25) is 0 Å². The molecule has 0 bridgehead atoms. The molecule has 0 unspecified atom stereocenters. The minimum Gasteiger partial charge on any atom is -1.00 e. The van der Waals surface area contributed by atoms with Gasteiger partial charge in [-0.2, -0.15) is 0 Å². The van der Waals surface area contributed by atoms with E-state index in [2.05, 4.69) is 0 Å². The van der Waals surface area contributed by atoms with Crippen LogP contribution in [0.1, 0.15) is 5.71 Å². The van der Waals surface area contributed by atoms with Gasteiger partial charge in [-0.05, 0) is 0 Å². The zero-order valence-corrected chi connectivity index (χ0v) is 12.8. The van der Waals surface area contributed by atoms with Crippen LogP contribution in [0.4, 0.5) is 0 Å². The van der Waals surface area contributed by atoms with Crippen molar-refractivity contribution in [1.29, 1.82) is 0 Å². The molecule has 0 aromatic carbocycles. The van der Waals surface area contributed by atoms with Crippen LogP contribution < -0.4 is 0 Å². The minimum absolute atomic E-state index is 0. The van der Waals surface area contributed by atoms with Crippen molar-refractivity contribution in [3.63, 3.8) is 0 Å². The average Bonchev–Trinajstić information content (AvgIpc) is 0. The third-order valence-electron chi connectivity index (χ3n) is 0. The molecular formula is H12CaMgO4TiZn. The van der Waals surface area contributed by atoms with Crippen LogP contribution >= 0.6 is 0 Å². The Balaban J connectivity index is 0. The maximum Gasteiger partial charge on any atom is 2.00 e. The monoisotopic (exact) mass is 252 g/mol. The first-order valence-electron chi connectivity index (χ1n) is 0. The van der Waals surface area contributed by atoms with Gasteiger partial charge in [0.15, 0.2) is 0 Å². The fraction of sp³-hybridized carbons (Fsp3) is 0. The summed E-state index contributed by atoms with van der Waals surface area (Å²) in [6.07, 6.45) is 0. The summed E-state index contributed by atoms with van der Waals surface area (Å²) in [6.45, 7) is 0. The van der Waals surface area contributed by atoms with Crippen molar-refractivity contribution in [2.45, 2.75) is 0 Å². The molecule has 0 aliphatic rings. The number of hydrogen-bond acceptors (Lipinski definition) is 0. The molecule has 0 heterocycles. The Morgan fingerprint density at radius 2 is 0.750 bits per heavy atom. The third-order valence-corrected chi connectivity index (χ3v) is 0. The van der Waals surface area contributed by atoms with Crippen LogP contribution in [0, 0.1) is 0 Å². The Labute approximate surface area is 128 Å². The fourth-order valence-corrected chi connectivity index (χ4v) is 0. The van der Waals surface area contributed by atoms with Crippen LogP contribution in [0.15, 0.2) is 0 Å². The van der Waals surface area contributed by atoms with Gasteiger partial charge in [-0.25, -0.2) is 0 Å². The van der Waals surface area contributed by atoms with Gasteiger partial charge < -0.3 is 27.6 Å². The summed E-state index contributed by atoms with van der Waals surface area (Å²) < 4.78 is 0. The van der Waals surface area contributed by atoms with Gasteiger partial charge in [0, 0.05) is 41.2 Å². The Morgan fingerprint density at radius 1 is 0.750 bits per heavy atom. The van der Waals surface area contributed by atoms with E-state index in [1.54, 1.807) is 0 Å². The summed E-state index contributed by atoms with van der Waals surface area (Å²) in [6, 6.07) is 0. The fourth-order valence-electron chi connectivity index (χ4n) is 0. The molecular weight excluding hydrogens is 242 g/mol. The van der Waals surface area contributed by atoms with Crippen LogP contribution in [-0.2, 0) is 41.2 Å². The van der Waals surface area contributed by atoms with Gasteiger partial charge in [0.25, 0.3) is 0 Å². The van der Waals surface area contributed by atoms with Crippen molar-refractivity contribution in [3.05, 3.63) is 0 Å². The molecule has 4 nitrogen and oxygen atoms in total. The summed E-state index contributed by atoms with van der Waals surface area (Å²) in [5.74, 6) is 0. The van der Waals surface area contributed by atoms with Crippen molar-refractivity contribution in [3.8, 4) is 0 Å². The van der Waals surface area contributed by atoms with Crippen LogP contribution in [0.2, 0.25) is 0 Å². The molecule has 46 valence electrons. The van der Waals surface area contributed by atoms with Gasteiger partial charge in [-0.1, -0.05) is 0 Å². The van der Waals surface area contributed by atoms with Crippen LogP contribution in [0.25, 0.3) is 0 Å². The molecule has 0 aromatic heterocycles. The standard InChI is InChI=1S/Ca.Mg.4H2O.Ti.Zn.4H/h;;4*1H2;;;;;;/q2*+2;;;;;;;4*-1. The van der Waals surface area contributed by atoms with E-state index >= 15 is 0 Å². The van der Waals surface area contributed by atoms with Gasteiger partial charge in [0.2, 0.25) is 0 Å². The van der Waals surface area contributed by atoms with E-state index in [-0.39, 0.29) is 130 Å². The summed E-state index contributed by atoms with van der Waals surface area (Å²) in [7, 11) is 0. The van der Waals surface area contributed by atoms with Gasteiger partial charge in [0.05, 0.1) is 0 Å². The molecule has 8 N–H and O–H groups in total. The largest absolute Gasteiger partial charge is 2.00 e. The van der Waals surface area contributed by atoms with Gasteiger partial charge in [-0.15, -0.1) is 0 Å². The van der Waals surface area contributed by atoms with Crippen molar-refractivity contribution in [2.24, 2.45) is 0 Å². The van der Waals surface area contributed by atoms with E-state index in [0.717, 1.165) is 0 Å². The molecule has 0 saturated heterocycles. The maximum absolute atomic E-state index is 0. The molecule has 0 rings (SSSR count). The normalized spacial score (nSPS) is 0. The molecule has 0 aliphatic heterocycles. The predicted molar refractivity (Wildman–Crippen MR) is 30.4 cm³/mol. The maximum atomic E-state index is 0. The van der Waals surface area contributed by atoms with Gasteiger partial charge >= 0.3 is 60.8 Å². The minimum atomic E-state index is 0. The first-order valence-corrected chi connectivity index (χ1v) is 0. The Kier molecular flexibility index (Phi) is 1200. The van der Waals surface area contributed by atoms with Crippen molar-refractivity contribution in [2.75, 3.05) is 0 Å². The third kappa shape index (κ3) is 60.4. The molecule has 0 spiro atoms. The van der Waals surface area contributed by atoms with E-state index < -0.39 is 0 Å². The zero-order chi connectivity index (χ0) is 0. The van der Waals surface area contributed by atoms with Crippen LogP contribution in [0.3, 0.4) is 0 Å². The molecule has 0 saturated carbocycles. The topological polar surface area (TPSA) is 126 Å². The van der Waals surface area contributed by atoms with E-state index in [0.29, 0.717) is 0 Å². The summed E-state index contributed by atoms with van der Waals surface area (Å²) in [5.41, 5.74) is 0. The Bertz CT molecular complexity index is 27.0. The second-order valence-electron chi connectivity index (χ2n) is 0. The summed E-state index contributed by atoms with van der Waals surface area (Å²) in [4.78, 5) is 0. The molecule has 0 amide bonds. The molecule has 0 aromatic rings. The second-order valence-corrected chi connectivity index (χ2v) is 0. The molecule has 0 fully saturated rings. The van der Waals surface area contributed by atoms with E-state index in [1.165, 1.54) is 0 Å². The molecule has 8 heteroatoms. The van der Waals surface area contributed by atoms with Crippen LogP contribution in [0.5, 0.6) is 0 Å². The SMILES string of the molecule is O.O.O.O.[Ca+2].[H-].[H-].[H-].[H-].[Mg+2].[Ti].[Zn]. The van der Waals surface area contributed by atoms with Gasteiger partial charge in [0.1, 0.15) is 0 Å². The van der Waals surface area contributed by atoms with Crippen molar-refractivity contribution in [1.82, 2.24) is 0 Å². The zero-order valence-electron chi connectivity index (χ0n) is 8.62. The number of hydrogen-bond donors (Lipinski definition) is 0. The summed E-state index contributed by atoms with van der Waals surface area (Å²) >= 11 is 0. The molecule has 0 atom stereocenters. The first-order chi connectivity index (χ1) is 0. The van der Waals surface area contributed by atoms with Crippen molar-refractivity contribution >= 4 is 60.8 Å². The second kappa shape index (κ2) is 84.2. The van der Waals surface area contributed by atoms with E-state index in [4.69, 9.17) is 0 Å². The summed E-state index contributed by atoms with van der Waals surface area (Å²) in [5, 5.41) is 0. The Morgan fingerprint density at radius 3 is 0.750 bits per heavy atom. The smallest absolute Gasteiger partial charge is 1.00 e. The number of rotatable bonds is 0. The molecule has 0 radical (unpaired) electrons. The van der Waals surface area contributed by atoms with E-state index in [1.807, 2.05) is 0 Å². The predicted octanol–water partition coefficient (Wildman–Crippen LogP) is -3.62. The quantitative estimate of drug-likeness (QED) is 0.395. The molecule has 0 aliphatic carbocycles. The van der Waals surface area contributed by atoms with Crippen LogP contribution in [-0.4, -0.2) is 82.7 Å². The first kappa shape index (κ1) is 114. The average molecular weight is 254 g/mol. The van der Waals surface area contributed by atoms with E-state index in [9.17, 15) is 0 Å². The Hall–Kier alpha value is 3.20.